The largest absolute Gasteiger partial charge is 0.435 e. The second-order valence-corrected chi connectivity index (χ2v) is 4.25. The van der Waals surface area contributed by atoms with E-state index in [1.165, 1.54) is 6.07 Å². The van der Waals surface area contributed by atoms with Crippen LogP contribution in [0, 0.1) is 5.92 Å². The van der Waals surface area contributed by atoms with Crippen LogP contribution in [0.25, 0.3) is 0 Å². The van der Waals surface area contributed by atoms with Gasteiger partial charge in [0.2, 0.25) is 5.91 Å². The SMILES string of the molecule is CC(CO)CNC(=O)Cc1ccccc1OC(F)F. The molecule has 0 radical (unpaired) electrons. The zero-order valence-electron chi connectivity index (χ0n) is 10.6. The van der Waals surface area contributed by atoms with E-state index in [-0.39, 0.29) is 30.6 Å². The monoisotopic (exact) mass is 273 g/mol. The van der Waals surface area contributed by atoms with Gasteiger partial charge in [0.15, 0.2) is 0 Å². The smallest absolute Gasteiger partial charge is 0.387 e. The fourth-order valence-electron chi connectivity index (χ4n) is 1.45. The van der Waals surface area contributed by atoms with Crippen molar-refractivity contribution in [3.8, 4) is 5.75 Å². The number of carbonyl (C=O) groups excluding carboxylic acids is 1. The van der Waals surface area contributed by atoms with Crippen LogP contribution >= 0.6 is 0 Å². The quantitative estimate of drug-likeness (QED) is 0.793. The average molecular weight is 273 g/mol. The van der Waals surface area contributed by atoms with E-state index in [1.54, 1.807) is 25.1 Å². The number of hydrogen-bond donors (Lipinski definition) is 2. The van der Waals surface area contributed by atoms with E-state index in [9.17, 15) is 13.6 Å². The van der Waals surface area contributed by atoms with Gasteiger partial charge in [0, 0.05) is 18.7 Å². The van der Waals surface area contributed by atoms with Gasteiger partial charge in [-0.3, -0.25) is 4.79 Å². The van der Waals surface area contributed by atoms with Crippen molar-refractivity contribution in [1.29, 1.82) is 0 Å². The van der Waals surface area contributed by atoms with Crippen molar-refractivity contribution in [3.63, 3.8) is 0 Å². The molecule has 1 aromatic rings. The summed E-state index contributed by atoms with van der Waals surface area (Å²) in [7, 11) is 0. The number of benzene rings is 1. The molecule has 19 heavy (non-hydrogen) atoms. The van der Waals surface area contributed by atoms with E-state index in [4.69, 9.17) is 5.11 Å². The number of carbonyl (C=O) groups is 1. The predicted octanol–water partition coefficient (Wildman–Crippen LogP) is 1.58. The van der Waals surface area contributed by atoms with E-state index in [0.717, 1.165) is 0 Å². The van der Waals surface area contributed by atoms with Gasteiger partial charge in [-0.1, -0.05) is 25.1 Å². The summed E-state index contributed by atoms with van der Waals surface area (Å²) in [6.45, 7) is -0.814. The van der Waals surface area contributed by atoms with Gasteiger partial charge in [-0.25, -0.2) is 0 Å². The molecule has 0 saturated heterocycles. The zero-order chi connectivity index (χ0) is 14.3. The third kappa shape index (κ3) is 5.65. The normalized spacial score (nSPS) is 12.3. The number of aliphatic hydroxyl groups is 1. The highest BCUT2D eigenvalue weighted by Crippen LogP contribution is 2.20. The Morgan fingerprint density at radius 1 is 1.42 bits per heavy atom. The maximum absolute atomic E-state index is 12.2. The lowest BCUT2D eigenvalue weighted by Gasteiger charge is -2.12. The van der Waals surface area contributed by atoms with E-state index >= 15 is 0 Å². The van der Waals surface area contributed by atoms with Gasteiger partial charge in [0.1, 0.15) is 5.75 Å². The molecule has 0 aliphatic heterocycles. The Bertz CT molecular complexity index is 413. The summed E-state index contributed by atoms with van der Waals surface area (Å²) in [5.41, 5.74) is 0.400. The van der Waals surface area contributed by atoms with Crippen LogP contribution in [0.4, 0.5) is 8.78 Å². The van der Waals surface area contributed by atoms with E-state index in [0.29, 0.717) is 12.1 Å². The summed E-state index contributed by atoms with van der Waals surface area (Å²) < 4.78 is 28.7. The van der Waals surface area contributed by atoms with Crippen LogP contribution in [0.15, 0.2) is 24.3 Å². The van der Waals surface area contributed by atoms with Crippen LogP contribution in [-0.2, 0) is 11.2 Å². The number of rotatable bonds is 7. The molecular weight excluding hydrogens is 256 g/mol. The third-order valence-corrected chi connectivity index (χ3v) is 2.50. The second kappa shape index (κ2) is 7.68. The van der Waals surface area contributed by atoms with Crippen molar-refractivity contribution in [2.45, 2.75) is 20.0 Å². The average Bonchev–Trinajstić information content (AvgIpc) is 2.37. The Kier molecular flexibility index (Phi) is 6.21. The summed E-state index contributed by atoms with van der Waals surface area (Å²) >= 11 is 0. The molecule has 0 fully saturated rings. The molecular formula is C13H17F2NO3. The molecule has 1 atom stereocenters. The lowest BCUT2D eigenvalue weighted by molar-refractivity contribution is -0.120. The summed E-state index contributed by atoms with van der Waals surface area (Å²) in [5.74, 6) is -0.343. The predicted molar refractivity (Wildman–Crippen MR) is 66.0 cm³/mol. The summed E-state index contributed by atoms with van der Waals surface area (Å²) in [5, 5.41) is 11.4. The van der Waals surface area contributed by atoms with Crippen LogP contribution in [0.1, 0.15) is 12.5 Å². The lowest BCUT2D eigenvalue weighted by Crippen LogP contribution is -2.30. The first-order chi connectivity index (χ1) is 9.02. The van der Waals surface area contributed by atoms with Crippen LogP contribution in [0.5, 0.6) is 5.75 Å². The highest BCUT2D eigenvalue weighted by atomic mass is 19.3. The number of nitrogens with one attached hydrogen (secondary N) is 1. The minimum atomic E-state index is -2.92. The molecule has 0 bridgehead atoms. The Hall–Kier alpha value is -1.69. The number of halogens is 2. The van der Waals surface area contributed by atoms with Gasteiger partial charge >= 0.3 is 6.61 Å². The van der Waals surface area contributed by atoms with E-state index in [2.05, 4.69) is 10.1 Å². The van der Waals surface area contributed by atoms with Gasteiger partial charge in [-0.2, -0.15) is 8.78 Å². The molecule has 106 valence electrons. The van der Waals surface area contributed by atoms with Crippen LogP contribution in [-0.4, -0.2) is 30.8 Å². The number of aliphatic hydroxyl groups excluding tert-OH is 1. The maximum atomic E-state index is 12.2. The molecule has 2 N–H and O–H groups in total. The zero-order valence-corrected chi connectivity index (χ0v) is 10.6. The van der Waals surface area contributed by atoms with Crippen molar-refractivity contribution in [1.82, 2.24) is 5.32 Å². The van der Waals surface area contributed by atoms with Gasteiger partial charge in [-0.05, 0) is 12.0 Å². The van der Waals surface area contributed by atoms with Crippen LogP contribution in [0.3, 0.4) is 0 Å². The Morgan fingerprint density at radius 3 is 2.74 bits per heavy atom. The molecule has 0 saturated carbocycles. The Balaban J connectivity index is 2.58. The molecule has 0 aliphatic rings. The molecule has 0 heterocycles. The third-order valence-electron chi connectivity index (χ3n) is 2.50. The first-order valence-electron chi connectivity index (χ1n) is 5.93. The molecule has 1 unspecified atom stereocenters. The molecule has 0 aliphatic carbocycles. The number of hydrogen-bond acceptors (Lipinski definition) is 3. The fraction of sp³-hybridized carbons (Fsp3) is 0.462. The number of para-hydroxylation sites is 1. The second-order valence-electron chi connectivity index (χ2n) is 4.25. The highest BCUT2D eigenvalue weighted by molar-refractivity contribution is 5.79. The number of alkyl halides is 2. The first-order valence-corrected chi connectivity index (χ1v) is 5.93. The lowest BCUT2D eigenvalue weighted by atomic mass is 10.1. The van der Waals surface area contributed by atoms with Crippen LogP contribution in [0.2, 0.25) is 0 Å². The summed E-state index contributed by atoms with van der Waals surface area (Å²) in [6.07, 6.45) is -0.0406. The van der Waals surface area contributed by atoms with E-state index < -0.39 is 6.61 Å². The van der Waals surface area contributed by atoms with Crippen molar-refractivity contribution < 1.29 is 23.4 Å². The number of ether oxygens (including phenoxy) is 1. The summed E-state index contributed by atoms with van der Waals surface area (Å²) in [4.78, 5) is 11.6. The maximum Gasteiger partial charge on any atom is 0.387 e. The van der Waals surface area contributed by atoms with Gasteiger partial charge in [-0.15, -0.1) is 0 Å². The summed E-state index contributed by atoms with van der Waals surface area (Å²) in [6, 6.07) is 6.17. The first kappa shape index (κ1) is 15.4. The Morgan fingerprint density at radius 2 is 2.11 bits per heavy atom. The topological polar surface area (TPSA) is 58.6 Å². The molecule has 6 heteroatoms. The molecule has 1 aromatic carbocycles. The highest BCUT2D eigenvalue weighted by Gasteiger charge is 2.12. The standard InChI is InChI=1S/C13H17F2NO3/c1-9(8-17)7-16-12(18)6-10-4-2-3-5-11(10)19-13(14)15/h2-5,9,13,17H,6-8H2,1H3,(H,16,18). The minimum Gasteiger partial charge on any atom is -0.435 e. The Labute approximate surface area is 110 Å². The molecule has 1 amide bonds. The molecule has 1 rings (SSSR count). The number of amides is 1. The molecule has 0 aromatic heterocycles. The van der Waals surface area contributed by atoms with Crippen molar-refractivity contribution in [2.75, 3.05) is 13.2 Å². The molecule has 0 spiro atoms. The van der Waals surface area contributed by atoms with Crippen molar-refractivity contribution in [3.05, 3.63) is 29.8 Å². The van der Waals surface area contributed by atoms with Crippen molar-refractivity contribution >= 4 is 5.91 Å². The minimum absolute atomic E-state index is 0.00265. The van der Waals surface area contributed by atoms with Crippen molar-refractivity contribution in [2.24, 2.45) is 5.92 Å². The molecule has 4 nitrogen and oxygen atoms in total. The van der Waals surface area contributed by atoms with Gasteiger partial charge in [0.25, 0.3) is 0 Å². The fourth-order valence-corrected chi connectivity index (χ4v) is 1.45. The van der Waals surface area contributed by atoms with Crippen LogP contribution < -0.4 is 10.1 Å². The van der Waals surface area contributed by atoms with E-state index in [1.807, 2.05) is 0 Å². The van der Waals surface area contributed by atoms with Gasteiger partial charge in [0.05, 0.1) is 6.42 Å². The van der Waals surface area contributed by atoms with Gasteiger partial charge < -0.3 is 15.2 Å².